The Balaban J connectivity index is 1.57. The molecule has 0 saturated heterocycles. The molecule has 0 aliphatic carbocycles. The van der Waals surface area contributed by atoms with E-state index in [0.717, 1.165) is 6.16 Å². The quantitative estimate of drug-likeness (QED) is 0.187. The van der Waals surface area contributed by atoms with Gasteiger partial charge in [-0.3, -0.25) is 0 Å². The first-order valence-corrected chi connectivity index (χ1v) is 13.8. The van der Waals surface area contributed by atoms with Crippen LogP contribution in [-0.4, -0.2) is 0 Å². The van der Waals surface area contributed by atoms with E-state index in [4.69, 9.17) is 0 Å². The molecule has 6 aromatic carbocycles. The van der Waals surface area contributed by atoms with Crippen LogP contribution in [0.25, 0.3) is 21.5 Å². The summed E-state index contributed by atoms with van der Waals surface area (Å²) in [6, 6.07) is 53.7. The Morgan fingerprint density at radius 3 is 1.26 bits per heavy atom. The molecule has 0 saturated carbocycles. The summed E-state index contributed by atoms with van der Waals surface area (Å²) in [5.41, 5.74) is 1.38. The number of fused-ring (bicyclic) bond motifs is 2. The zero-order valence-electron chi connectivity index (χ0n) is 19.0. The molecule has 0 unspecified atom stereocenters. The fraction of sp³-hybridized carbons (Fsp3) is 0.0303. The van der Waals surface area contributed by atoms with Gasteiger partial charge in [-0.1, -0.05) is 91.0 Å². The van der Waals surface area contributed by atoms with Crippen LogP contribution < -0.4 is 15.9 Å². The van der Waals surface area contributed by atoms with Gasteiger partial charge in [-0.25, -0.2) is 0 Å². The van der Waals surface area contributed by atoms with Crippen molar-refractivity contribution in [2.45, 2.75) is 6.16 Å². The molecule has 0 aromatic heterocycles. The summed E-state index contributed by atoms with van der Waals surface area (Å²) < 4.78 is 0. The highest BCUT2D eigenvalue weighted by Gasteiger charge is 2.45. The van der Waals surface area contributed by atoms with Gasteiger partial charge in [-0.05, 0) is 81.7 Å². The molecule has 0 fully saturated rings. The molecule has 0 nitrogen and oxygen atoms in total. The Hall–Kier alpha value is -3.73. The molecule has 0 aliphatic heterocycles. The van der Waals surface area contributed by atoms with Gasteiger partial charge in [0.1, 0.15) is 23.2 Å². The number of hydrogen-bond donors (Lipinski definition) is 0. The second-order valence-corrected chi connectivity index (χ2v) is 12.3. The predicted octanol–water partition coefficient (Wildman–Crippen LogP) is 7.49. The molecule has 0 aliphatic rings. The largest absolute Gasteiger partial charge is 0.116 e. The van der Waals surface area contributed by atoms with Gasteiger partial charge in [0, 0.05) is 0 Å². The summed E-state index contributed by atoms with van der Waals surface area (Å²) in [5, 5.41) is 9.46. The lowest BCUT2D eigenvalue weighted by atomic mass is 10.0. The first kappa shape index (κ1) is 20.8. The third kappa shape index (κ3) is 3.71. The van der Waals surface area contributed by atoms with Crippen LogP contribution in [-0.2, 0) is 6.16 Å². The SMILES string of the molecule is c1ccc([P+](Cc2ccc3cc4ccccc4cc3c2)(c2ccccc2)c2ccccc2)cc1. The van der Waals surface area contributed by atoms with E-state index in [0.29, 0.717) is 0 Å². The topological polar surface area (TPSA) is 0 Å². The van der Waals surface area contributed by atoms with Crippen LogP contribution in [0.5, 0.6) is 0 Å². The average Bonchev–Trinajstić information content (AvgIpc) is 2.92. The minimum absolute atomic E-state index is 0.994. The molecule has 0 bridgehead atoms. The van der Waals surface area contributed by atoms with Crippen molar-refractivity contribution in [3.63, 3.8) is 0 Å². The monoisotopic (exact) mass is 453 g/mol. The fourth-order valence-corrected chi connectivity index (χ4v) is 9.36. The molecule has 0 heterocycles. The molecule has 6 aromatic rings. The van der Waals surface area contributed by atoms with Crippen molar-refractivity contribution in [2.75, 3.05) is 0 Å². The number of hydrogen-bond acceptors (Lipinski definition) is 0. The number of benzene rings is 6. The van der Waals surface area contributed by atoms with Gasteiger partial charge in [0.05, 0.1) is 6.16 Å². The molecule has 0 N–H and O–H groups in total. The van der Waals surface area contributed by atoms with Crippen LogP contribution in [0.2, 0.25) is 0 Å². The van der Waals surface area contributed by atoms with E-state index in [9.17, 15) is 0 Å². The predicted molar refractivity (Wildman–Crippen MR) is 150 cm³/mol. The lowest BCUT2D eigenvalue weighted by Gasteiger charge is -2.28. The van der Waals surface area contributed by atoms with Gasteiger partial charge in [0.25, 0.3) is 0 Å². The Morgan fingerprint density at radius 2 is 0.765 bits per heavy atom. The van der Waals surface area contributed by atoms with Crippen LogP contribution in [0, 0.1) is 0 Å². The van der Waals surface area contributed by atoms with Gasteiger partial charge in [0.2, 0.25) is 0 Å². The van der Waals surface area contributed by atoms with Gasteiger partial charge in [0.15, 0.2) is 0 Å². The van der Waals surface area contributed by atoms with E-state index in [-0.39, 0.29) is 0 Å². The zero-order valence-corrected chi connectivity index (χ0v) is 19.9. The van der Waals surface area contributed by atoms with Crippen molar-refractivity contribution in [1.82, 2.24) is 0 Å². The first-order chi connectivity index (χ1) is 16.8. The molecular formula is C33H26P+. The normalized spacial score (nSPS) is 11.6. The van der Waals surface area contributed by atoms with Crippen LogP contribution >= 0.6 is 7.26 Å². The maximum atomic E-state index is 2.41. The molecular weight excluding hydrogens is 427 g/mol. The second kappa shape index (κ2) is 8.90. The Kier molecular flexibility index (Phi) is 5.46. The highest BCUT2D eigenvalue weighted by molar-refractivity contribution is 7.95. The summed E-state index contributed by atoms with van der Waals surface area (Å²) in [6.45, 7) is 0. The summed E-state index contributed by atoms with van der Waals surface area (Å²) in [4.78, 5) is 0. The van der Waals surface area contributed by atoms with E-state index in [1.54, 1.807) is 0 Å². The fourth-order valence-electron chi connectivity index (χ4n) is 5.13. The minimum atomic E-state index is -1.90. The molecule has 1 heteroatoms. The van der Waals surface area contributed by atoms with Crippen molar-refractivity contribution in [3.8, 4) is 0 Å². The third-order valence-electron chi connectivity index (χ3n) is 6.78. The minimum Gasteiger partial charge on any atom is -0.0620 e. The van der Waals surface area contributed by atoms with Crippen molar-refractivity contribution >= 4 is 44.7 Å². The Bertz CT molecular complexity index is 1460. The molecule has 6 rings (SSSR count). The third-order valence-corrected chi connectivity index (χ3v) is 11.2. The highest BCUT2D eigenvalue weighted by atomic mass is 31.2. The maximum absolute atomic E-state index is 2.41. The van der Waals surface area contributed by atoms with Crippen LogP contribution in [0.15, 0.2) is 146 Å². The van der Waals surface area contributed by atoms with E-state index in [2.05, 4.69) is 146 Å². The van der Waals surface area contributed by atoms with Crippen LogP contribution in [0.3, 0.4) is 0 Å². The van der Waals surface area contributed by atoms with Crippen LogP contribution in [0.1, 0.15) is 5.56 Å². The van der Waals surface area contributed by atoms with E-state index in [1.807, 2.05) is 0 Å². The van der Waals surface area contributed by atoms with Crippen LogP contribution in [0.4, 0.5) is 0 Å². The molecule has 0 atom stereocenters. The second-order valence-electron chi connectivity index (χ2n) is 8.86. The van der Waals surface area contributed by atoms with Crippen molar-refractivity contribution in [2.24, 2.45) is 0 Å². The van der Waals surface area contributed by atoms with E-state index < -0.39 is 7.26 Å². The van der Waals surface area contributed by atoms with Gasteiger partial charge >= 0.3 is 0 Å². The molecule has 0 amide bonds. The number of rotatable bonds is 5. The molecule has 34 heavy (non-hydrogen) atoms. The van der Waals surface area contributed by atoms with Crippen molar-refractivity contribution in [3.05, 3.63) is 151 Å². The maximum Gasteiger partial charge on any atom is 0.116 e. The summed E-state index contributed by atoms with van der Waals surface area (Å²) >= 11 is 0. The van der Waals surface area contributed by atoms with Crippen molar-refractivity contribution in [1.29, 1.82) is 0 Å². The molecule has 0 spiro atoms. The average molecular weight is 454 g/mol. The van der Waals surface area contributed by atoms with E-state index in [1.165, 1.54) is 43.0 Å². The Labute approximate surface area is 201 Å². The van der Waals surface area contributed by atoms with Gasteiger partial charge in [-0.15, -0.1) is 0 Å². The van der Waals surface area contributed by atoms with Crippen molar-refractivity contribution < 1.29 is 0 Å². The zero-order chi connectivity index (χ0) is 22.8. The smallest absolute Gasteiger partial charge is 0.0620 e. The van der Waals surface area contributed by atoms with Gasteiger partial charge in [-0.2, -0.15) is 0 Å². The lowest BCUT2D eigenvalue weighted by Crippen LogP contribution is -2.32. The Morgan fingerprint density at radius 1 is 0.353 bits per heavy atom. The summed E-state index contributed by atoms with van der Waals surface area (Å²) in [5.74, 6) is 0. The highest BCUT2D eigenvalue weighted by Crippen LogP contribution is 2.58. The summed E-state index contributed by atoms with van der Waals surface area (Å²) in [7, 11) is -1.90. The molecule has 0 radical (unpaired) electrons. The first-order valence-electron chi connectivity index (χ1n) is 11.8. The summed E-state index contributed by atoms with van der Waals surface area (Å²) in [6.07, 6.45) is 0.994. The van der Waals surface area contributed by atoms with Gasteiger partial charge < -0.3 is 0 Å². The van der Waals surface area contributed by atoms with E-state index >= 15 is 0 Å². The standard InChI is InChI=1S/C33H26P/c1-4-14-31(15-5-1)34(32-16-6-2-7-17-32,33-18-8-3-9-19-33)25-26-20-21-29-23-27-12-10-11-13-28(27)24-30(29)22-26/h1-24H,25H2/q+1. The molecule has 162 valence electrons. The lowest BCUT2D eigenvalue weighted by molar-refractivity contribution is 1.41.